The molecule has 3 nitrogen and oxygen atoms in total. The Morgan fingerprint density at radius 2 is 1.76 bits per heavy atom. The molecule has 0 atom stereocenters. The Morgan fingerprint density at radius 3 is 2.60 bits per heavy atom. The number of amides is 1. The number of benzene rings is 3. The third-order valence-electron chi connectivity index (χ3n) is 3.58. The molecule has 0 radical (unpaired) electrons. The van der Waals surface area contributed by atoms with Crippen LogP contribution < -0.4 is 10.1 Å². The Balaban J connectivity index is 1.42. The topological polar surface area (TPSA) is 38.3 Å². The highest BCUT2D eigenvalue weighted by molar-refractivity contribution is 9.10. The van der Waals surface area contributed by atoms with Crippen LogP contribution in [0, 0.1) is 0 Å². The predicted molar refractivity (Wildman–Crippen MR) is 107 cm³/mol. The van der Waals surface area contributed by atoms with Crippen LogP contribution in [-0.4, -0.2) is 24.8 Å². The zero-order chi connectivity index (χ0) is 17.5. The summed E-state index contributed by atoms with van der Waals surface area (Å²) >= 11 is 5.18. The van der Waals surface area contributed by atoms with Gasteiger partial charge in [-0.2, -0.15) is 0 Å². The van der Waals surface area contributed by atoms with Crippen LogP contribution in [0.25, 0.3) is 10.8 Å². The van der Waals surface area contributed by atoms with Gasteiger partial charge in [-0.15, -0.1) is 11.8 Å². The standard InChI is InChI=1S/C20H18BrNO2S/c21-17-8-6-16-13-18(9-7-15(16)12-17)24-14-20(23)22-10-11-25-19-4-2-1-3-5-19/h1-9,12-13H,10-11,14H2,(H,22,23). The van der Waals surface area contributed by atoms with Gasteiger partial charge < -0.3 is 10.1 Å². The average Bonchev–Trinajstić information content (AvgIpc) is 2.64. The van der Waals surface area contributed by atoms with Gasteiger partial charge in [0.1, 0.15) is 5.75 Å². The molecule has 3 aromatic rings. The summed E-state index contributed by atoms with van der Waals surface area (Å²) in [5, 5.41) is 5.09. The molecule has 0 fully saturated rings. The lowest BCUT2D eigenvalue weighted by Gasteiger charge is -2.08. The van der Waals surface area contributed by atoms with Gasteiger partial charge in [0, 0.05) is 21.7 Å². The van der Waals surface area contributed by atoms with Crippen LogP contribution in [0.1, 0.15) is 0 Å². The van der Waals surface area contributed by atoms with Crippen molar-refractivity contribution in [2.75, 3.05) is 18.9 Å². The second kappa shape index (κ2) is 8.92. The lowest BCUT2D eigenvalue weighted by atomic mass is 10.1. The van der Waals surface area contributed by atoms with Crippen LogP contribution in [-0.2, 0) is 4.79 Å². The number of fused-ring (bicyclic) bond motifs is 1. The van der Waals surface area contributed by atoms with Crippen molar-refractivity contribution < 1.29 is 9.53 Å². The number of halogens is 1. The number of nitrogens with one attached hydrogen (secondary N) is 1. The maximum Gasteiger partial charge on any atom is 0.257 e. The van der Waals surface area contributed by atoms with Gasteiger partial charge in [0.2, 0.25) is 0 Å². The molecular formula is C20H18BrNO2S. The lowest BCUT2D eigenvalue weighted by Crippen LogP contribution is -2.30. The van der Waals surface area contributed by atoms with Gasteiger partial charge in [0.05, 0.1) is 0 Å². The minimum Gasteiger partial charge on any atom is -0.484 e. The summed E-state index contributed by atoms with van der Waals surface area (Å²) in [5.74, 6) is 1.42. The van der Waals surface area contributed by atoms with E-state index < -0.39 is 0 Å². The maximum absolute atomic E-state index is 11.9. The van der Waals surface area contributed by atoms with E-state index in [0.717, 1.165) is 21.0 Å². The second-order valence-electron chi connectivity index (χ2n) is 5.45. The molecule has 3 rings (SSSR count). The highest BCUT2D eigenvalue weighted by atomic mass is 79.9. The fourth-order valence-corrected chi connectivity index (χ4v) is 3.53. The lowest BCUT2D eigenvalue weighted by molar-refractivity contribution is -0.122. The number of carbonyl (C=O) groups is 1. The molecule has 3 aromatic carbocycles. The van der Waals surface area contributed by atoms with E-state index in [4.69, 9.17) is 4.74 Å². The molecule has 1 N–H and O–H groups in total. The fraction of sp³-hybridized carbons (Fsp3) is 0.150. The Morgan fingerprint density at radius 1 is 1.00 bits per heavy atom. The third kappa shape index (κ3) is 5.51. The normalized spacial score (nSPS) is 10.6. The third-order valence-corrected chi connectivity index (χ3v) is 5.09. The maximum atomic E-state index is 11.9. The van der Waals surface area contributed by atoms with Gasteiger partial charge in [-0.05, 0) is 47.2 Å². The molecule has 0 aliphatic heterocycles. The van der Waals surface area contributed by atoms with Gasteiger partial charge in [0.25, 0.3) is 5.91 Å². The number of ether oxygens (including phenoxy) is 1. The first-order valence-corrected chi connectivity index (χ1v) is 9.75. The molecule has 0 bridgehead atoms. The number of thioether (sulfide) groups is 1. The molecule has 128 valence electrons. The van der Waals surface area contributed by atoms with Crippen LogP contribution in [0.2, 0.25) is 0 Å². The first-order valence-electron chi connectivity index (χ1n) is 7.97. The Hall–Kier alpha value is -1.98. The monoisotopic (exact) mass is 415 g/mol. The predicted octanol–water partition coefficient (Wildman–Crippen LogP) is 4.89. The van der Waals surface area contributed by atoms with Crippen molar-refractivity contribution in [3.8, 4) is 5.75 Å². The molecule has 0 aliphatic rings. The molecule has 1 amide bonds. The van der Waals surface area contributed by atoms with E-state index in [1.54, 1.807) is 11.8 Å². The summed E-state index contributed by atoms with van der Waals surface area (Å²) in [6.07, 6.45) is 0. The van der Waals surface area contributed by atoms with Crippen LogP contribution in [0.5, 0.6) is 5.75 Å². The summed E-state index contributed by atoms with van der Waals surface area (Å²) in [7, 11) is 0. The molecule has 0 spiro atoms. The number of hydrogen-bond donors (Lipinski definition) is 1. The van der Waals surface area contributed by atoms with E-state index in [-0.39, 0.29) is 12.5 Å². The van der Waals surface area contributed by atoms with Gasteiger partial charge >= 0.3 is 0 Å². The van der Waals surface area contributed by atoms with E-state index in [9.17, 15) is 4.79 Å². The first-order chi connectivity index (χ1) is 12.2. The van der Waals surface area contributed by atoms with Crippen molar-refractivity contribution in [1.29, 1.82) is 0 Å². The zero-order valence-electron chi connectivity index (χ0n) is 13.6. The minimum absolute atomic E-state index is 0.0258. The van der Waals surface area contributed by atoms with E-state index in [1.165, 1.54) is 4.90 Å². The summed E-state index contributed by atoms with van der Waals surface area (Å²) < 4.78 is 6.63. The number of carbonyl (C=O) groups excluding carboxylic acids is 1. The molecular weight excluding hydrogens is 398 g/mol. The van der Waals surface area contributed by atoms with Crippen molar-refractivity contribution in [2.45, 2.75) is 4.90 Å². The molecule has 5 heteroatoms. The SMILES string of the molecule is O=C(COc1ccc2cc(Br)ccc2c1)NCCSc1ccccc1. The molecule has 0 saturated heterocycles. The van der Waals surface area contributed by atoms with Crippen LogP contribution in [0.15, 0.2) is 76.1 Å². The average molecular weight is 416 g/mol. The van der Waals surface area contributed by atoms with Gasteiger partial charge in [-0.3, -0.25) is 4.79 Å². The van der Waals surface area contributed by atoms with Gasteiger partial charge in [-0.25, -0.2) is 0 Å². The molecule has 25 heavy (non-hydrogen) atoms. The van der Waals surface area contributed by atoms with Crippen LogP contribution in [0.3, 0.4) is 0 Å². The summed E-state index contributed by atoms with van der Waals surface area (Å²) in [5.41, 5.74) is 0. The highest BCUT2D eigenvalue weighted by Gasteiger charge is 2.04. The van der Waals surface area contributed by atoms with Gasteiger partial charge in [-0.1, -0.05) is 46.3 Å². The molecule has 0 saturated carbocycles. The van der Waals surface area contributed by atoms with E-state index in [0.29, 0.717) is 12.3 Å². The fourth-order valence-electron chi connectivity index (χ4n) is 2.36. The smallest absolute Gasteiger partial charge is 0.257 e. The summed E-state index contributed by atoms with van der Waals surface area (Å²) in [6, 6.07) is 22.0. The van der Waals surface area contributed by atoms with Gasteiger partial charge in [0.15, 0.2) is 6.61 Å². The summed E-state index contributed by atoms with van der Waals surface area (Å²) in [4.78, 5) is 13.1. The van der Waals surface area contributed by atoms with E-state index >= 15 is 0 Å². The molecule has 0 aliphatic carbocycles. The van der Waals surface area contributed by atoms with E-state index in [1.807, 2.05) is 48.5 Å². The van der Waals surface area contributed by atoms with E-state index in [2.05, 4.69) is 39.4 Å². The first kappa shape index (κ1) is 17.8. The quantitative estimate of drug-likeness (QED) is 0.440. The number of hydrogen-bond acceptors (Lipinski definition) is 3. The number of rotatable bonds is 7. The van der Waals surface area contributed by atoms with Crippen molar-refractivity contribution in [3.63, 3.8) is 0 Å². The Bertz CT molecular complexity index is 855. The van der Waals surface area contributed by atoms with Crippen molar-refractivity contribution in [1.82, 2.24) is 5.32 Å². The second-order valence-corrected chi connectivity index (χ2v) is 7.54. The molecule has 0 heterocycles. The Kier molecular flexibility index (Phi) is 6.36. The Labute approximate surface area is 159 Å². The van der Waals surface area contributed by atoms with Crippen molar-refractivity contribution in [3.05, 3.63) is 71.2 Å². The van der Waals surface area contributed by atoms with Crippen molar-refractivity contribution >= 4 is 44.4 Å². The molecule has 0 unspecified atom stereocenters. The zero-order valence-corrected chi connectivity index (χ0v) is 16.0. The van der Waals surface area contributed by atoms with Crippen LogP contribution in [0.4, 0.5) is 0 Å². The molecule has 0 aromatic heterocycles. The van der Waals surface area contributed by atoms with Crippen molar-refractivity contribution in [2.24, 2.45) is 0 Å². The van der Waals surface area contributed by atoms with Crippen LogP contribution >= 0.6 is 27.7 Å². The summed E-state index contributed by atoms with van der Waals surface area (Å²) in [6.45, 7) is 0.644. The minimum atomic E-state index is -0.107. The highest BCUT2D eigenvalue weighted by Crippen LogP contribution is 2.24. The largest absolute Gasteiger partial charge is 0.484 e.